The largest absolute Gasteiger partial charge is 0.416 e. The van der Waals surface area contributed by atoms with E-state index in [1.807, 2.05) is 0 Å². The molecule has 3 nitrogen and oxygen atoms in total. The van der Waals surface area contributed by atoms with E-state index in [0.29, 0.717) is 5.56 Å². The van der Waals surface area contributed by atoms with E-state index in [9.17, 15) is 18.0 Å². The van der Waals surface area contributed by atoms with Crippen LogP contribution in [-0.4, -0.2) is 25.0 Å². The van der Waals surface area contributed by atoms with Crippen LogP contribution >= 0.6 is 0 Å². The molecule has 2 rings (SSSR count). The molecule has 1 fully saturated rings. The van der Waals surface area contributed by atoms with E-state index in [0.717, 1.165) is 38.1 Å². The summed E-state index contributed by atoms with van der Waals surface area (Å²) in [6.07, 6.45) is -2.37. The Balaban J connectivity index is 1.93. The zero-order valence-corrected chi connectivity index (χ0v) is 12.5. The lowest BCUT2D eigenvalue weighted by Crippen LogP contribution is -2.42. The number of carbonyl (C=O) groups is 1. The molecule has 0 saturated carbocycles. The van der Waals surface area contributed by atoms with Crippen molar-refractivity contribution >= 4 is 5.91 Å². The molecule has 1 saturated heterocycles. The van der Waals surface area contributed by atoms with Gasteiger partial charge in [0.2, 0.25) is 5.91 Å². The smallest absolute Gasteiger partial charge is 0.353 e. The minimum Gasteiger partial charge on any atom is -0.353 e. The number of amides is 1. The molecule has 122 valence electrons. The first-order valence-corrected chi connectivity index (χ1v) is 7.53. The Hall–Kier alpha value is -1.56. The molecular weight excluding hydrogens is 293 g/mol. The Labute approximate surface area is 128 Å². The predicted molar refractivity (Wildman–Crippen MR) is 78.5 cm³/mol. The maximum absolute atomic E-state index is 12.7. The van der Waals surface area contributed by atoms with Crippen LogP contribution in [0.2, 0.25) is 0 Å². The number of hydrogen-bond donors (Lipinski definition) is 2. The van der Waals surface area contributed by atoms with Crippen LogP contribution in [-0.2, 0) is 11.0 Å². The number of nitrogens with one attached hydrogen (secondary N) is 2. The van der Waals surface area contributed by atoms with Crippen molar-refractivity contribution < 1.29 is 18.0 Å². The van der Waals surface area contributed by atoms with Crippen molar-refractivity contribution in [1.29, 1.82) is 0 Å². The molecule has 1 unspecified atom stereocenters. The molecule has 1 aromatic carbocycles. The Morgan fingerprint density at radius 3 is 2.68 bits per heavy atom. The fraction of sp³-hybridized carbons (Fsp3) is 0.562. The van der Waals surface area contributed by atoms with E-state index < -0.39 is 11.7 Å². The average molecular weight is 314 g/mol. The third-order valence-corrected chi connectivity index (χ3v) is 3.98. The molecule has 0 aromatic heterocycles. The Morgan fingerprint density at radius 2 is 2.05 bits per heavy atom. The van der Waals surface area contributed by atoms with E-state index in [1.165, 1.54) is 6.07 Å². The molecule has 0 spiro atoms. The summed E-state index contributed by atoms with van der Waals surface area (Å²) in [5.41, 5.74) is -0.133. The lowest BCUT2D eigenvalue weighted by atomic mass is 9.95. The Kier molecular flexibility index (Phi) is 5.45. The quantitative estimate of drug-likeness (QED) is 0.897. The fourth-order valence-corrected chi connectivity index (χ4v) is 2.67. The Bertz CT molecular complexity index is 510. The molecule has 1 atom stereocenters. The molecule has 22 heavy (non-hydrogen) atoms. The molecule has 0 radical (unpaired) electrons. The van der Waals surface area contributed by atoms with Gasteiger partial charge in [0.05, 0.1) is 5.56 Å². The van der Waals surface area contributed by atoms with Gasteiger partial charge in [-0.2, -0.15) is 13.2 Å². The van der Waals surface area contributed by atoms with Gasteiger partial charge in [0, 0.05) is 12.5 Å². The van der Waals surface area contributed by atoms with Crippen molar-refractivity contribution in [1.82, 2.24) is 10.6 Å². The lowest BCUT2D eigenvalue weighted by Gasteiger charge is -2.24. The van der Waals surface area contributed by atoms with Gasteiger partial charge in [-0.3, -0.25) is 4.79 Å². The molecule has 1 heterocycles. The van der Waals surface area contributed by atoms with E-state index >= 15 is 0 Å². The van der Waals surface area contributed by atoms with Gasteiger partial charge in [0.25, 0.3) is 0 Å². The van der Waals surface area contributed by atoms with Crippen LogP contribution in [0.1, 0.15) is 43.2 Å². The molecule has 2 N–H and O–H groups in total. The van der Waals surface area contributed by atoms with Gasteiger partial charge in [0.15, 0.2) is 0 Å². The highest BCUT2D eigenvalue weighted by Gasteiger charge is 2.30. The zero-order chi connectivity index (χ0) is 16.2. The van der Waals surface area contributed by atoms with Crippen molar-refractivity contribution in [3.63, 3.8) is 0 Å². The van der Waals surface area contributed by atoms with E-state index in [4.69, 9.17) is 0 Å². The molecule has 6 heteroatoms. The van der Waals surface area contributed by atoms with Crippen LogP contribution in [0, 0.1) is 0 Å². The number of halogens is 3. The molecule has 1 amide bonds. The summed E-state index contributed by atoms with van der Waals surface area (Å²) in [5, 5.41) is 6.18. The van der Waals surface area contributed by atoms with Crippen molar-refractivity contribution in [3.8, 4) is 0 Å². The minimum atomic E-state index is -4.35. The first-order valence-electron chi connectivity index (χ1n) is 7.53. The number of benzene rings is 1. The van der Waals surface area contributed by atoms with Crippen LogP contribution in [0.15, 0.2) is 24.3 Å². The second-order valence-corrected chi connectivity index (χ2v) is 5.82. The van der Waals surface area contributed by atoms with Gasteiger partial charge in [-0.1, -0.05) is 25.1 Å². The number of rotatable bonds is 4. The predicted octanol–water partition coefficient (Wildman–Crippen LogP) is 3.07. The van der Waals surface area contributed by atoms with Crippen LogP contribution in [0.5, 0.6) is 0 Å². The van der Waals surface area contributed by atoms with Gasteiger partial charge in [-0.25, -0.2) is 0 Å². The molecule has 0 aliphatic carbocycles. The standard InChI is InChI=1S/C16H21F3N2O/c1-11(9-15(22)21-14-5-7-20-8-6-14)12-3-2-4-13(10-12)16(17,18)19/h2-4,10-11,14,20H,5-9H2,1H3,(H,21,22). The van der Waals surface area contributed by atoms with Crippen LogP contribution in [0.4, 0.5) is 13.2 Å². The van der Waals surface area contributed by atoms with Crippen molar-refractivity contribution in [2.45, 2.75) is 44.3 Å². The lowest BCUT2D eigenvalue weighted by molar-refractivity contribution is -0.137. The third kappa shape index (κ3) is 4.73. The average Bonchev–Trinajstić information content (AvgIpc) is 2.47. The molecule has 1 aromatic rings. The summed E-state index contributed by atoms with van der Waals surface area (Å²) in [6.45, 7) is 3.54. The first-order chi connectivity index (χ1) is 10.4. The van der Waals surface area contributed by atoms with E-state index in [-0.39, 0.29) is 24.3 Å². The minimum absolute atomic E-state index is 0.100. The first kappa shape index (κ1) is 16.8. The fourth-order valence-electron chi connectivity index (χ4n) is 2.67. The van der Waals surface area contributed by atoms with Crippen LogP contribution in [0.25, 0.3) is 0 Å². The van der Waals surface area contributed by atoms with E-state index in [1.54, 1.807) is 13.0 Å². The number of piperidine rings is 1. The maximum atomic E-state index is 12.7. The highest BCUT2D eigenvalue weighted by molar-refractivity contribution is 5.77. The molecular formula is C16H21F3N2O. The number of hydrogen-bond acceptors (Lipinski definition) is 2. The topological polar surface area (TPSA) is 41.1 Å². The highest BCUT2D eigenvalue weighted by Crippen LogP contribution is 2.31. The zero-order valence-electron chi connectivity index (χ0n) is 12.5. The second-order valence-electron chi connectivity index (χ2n) is 5.82. The van der Waals surface area contributed by atoms with Gasteiger partial charge in [-0.15, -0.1) is 0 Å². The van der Waals surface area contributed by atoms with Crippen molar-refractivity contribution in [2.24, 2.45) is 0 Å². The van der Waals surface area contributed by atoms with Gasteiger partial charge >= 0.3 is 6.18 Å². The maximum Gasteiger partial charge on any atom is 0.416 e. The molecule has 1 aliphatic heterocycles. The Morgan fingerprint density at radius 1 is 1.36 bits per heavy atom. The number of alkyl halides is 3. The summed E-state index contributed by atoms with van der Waals surface area (Å²) >= 11 is 0. The molecule has 0 bridgehead atoms. The monoisotopic (exact) mass is 314 g/mol. The van der Waals surface area contributed by atoms with E-state index in [2.05, 4.69) is 10.6 Å². The van der Waals surface area contributed by atoms with Crippen LogP contribution in [0.3, 0.4) is 0 Å². The highest BCUT2D eigenvalue weighted by atomic mass is 19.4. The SMILES string of the molecule is CC(CC(=O)NC1CCNCC1)c1cccc(C(F)(F)F)c1. The normalized spacial score (nSPS) is 18.0. The van der Waals surface area contributed by atoms with Crippen LogP contribution < -0.4 is 10.6 Å². The summed E-state index contributed by atoms with van der Waals surface area (Å²) in [6, 6.07) is 5.37. The summed E-state index contributed by atoms with van der Waals surface area (Å²) in [7, 11) is 0. The second kappa shape index (κ2) is 7.13. The van der Waals surface area contributed by atoms with Gasteiger partial charge in [0.1, 0.15) is 0 Å². The van der Waals surface area contributed by atoms with Crippen molar-refractivity contribution in [3.05, 3.63) is 35.4 Å². The van der Waals surface area contributed by atoms with Crippen molar-refractivity contribution in [2.75, 3.05) is 13.1 Å². The summed E-state index contributed by atoms with van der Waals surface area (Å²) in [4.78, 5) is 12.0. The number of carbonyl (C=O) groups excluding carboxylic acids is 1. The third-order valence-electron chi connectivity index (χ3n) is 3.98. The van der Waals surface area contributed by atoms with Gasteiger partial charge in [-0.05, 0) is 43.5 Å². The molecule has 1 aliphatic rings. The summed E-state index contributed by atoms with van der Waals surface area (Å²) in [5.74, 6) is -0.346. The summed E-state index contributed by atoms with van der Waals surface area (Å²) < 4.78 is 38.2. The van der Waals surface area contributed by atoms with Gasteiger partial charge < -0.3 is 10.6 Å².